The maximum absolute atomic E-state index is 13.3. The Morgan fingerprint density at radius 3 is 2.19 bits per heavy atom. The summed E-state index contributed by atoms with van der Waals surface area (Å²) < 4.78 is 29.1. The Morgan fingerprint density at radius 2 is 1.61 bits per heavy atom. The summed E-state index contributed by atoms with van der Waals surface area (Å²) in [5, 5.41) is 1.63. The van der Waals surface area contributed by atoms with E-state index in [-0.39, 0.29) is 22.6 Å². The zero-order valence-electron chi connectivity index (χ0n) is 21.1. The van der Waals surface area contributed by atoms with E-state index in [1.54, 1.807) is 39.9 Å². The normalized spacial score (nSPS) is 15.0. The van der Waals surface area contributed by atoms with Crippen LogP contribution in [0.4, 0.5) is 5.13 Å². The number of fused-ring (bicyclic) bond motifs is 1. The Kier molecular flexibility index (Phi) is 8.24. The van der Waals surface area contributed by atoms with Crippen molar-refractivity contribution in [3.8, 4) is 0 Å². The van der Waals surface area contributed by atoms with E-state index < -0.39 is 10.0 Å². The molecule has 194 valence electrons. The quantitative estimate of drug-likeness (QED) is 0.386. The van der Waals surface area contributed by atoms with E-state index in [1.807, 2.05) is 50.8 Å². The number of halogens is 1. The molecule has 0 atom stereocenters. The third-order valence-corrected chi connectivity index (χ3v) is 9.21. The summed E-state index contributed by atoms with van der Waals surface area (Å²) in [4.78, 5) is 22.1. The smallest absolute Gasteiger partial charge is 0.253 e. The first-order valence-corrected chi connectivity index (χ1v) is 14.9. The molecule has 0 N–H and O–H groups in total. The largest absolute Gasteiger partial charge is 0.345 e. The van der Waals surface area contributed by atoms with E-state index in [2.05, 4.69) is 4.90 Å². The van der Waals surface area contributed by atoms with Crippen molar-refractivity contribution in [2.75, 3.05) is 44.2 Å². The van der Waals surface area contributed by atoms with Crippen LogP contribution in [-0.2, 0) is 10.0 Å². The van der Waals surface area contributed by atoms with Gasteiger partial charge < -0.3 is 9.80 Å². The number of hydrogen-bond donors (Lipinski definition) is 0. The molecule has 1 aliphatic rings. The third-order valence-electron chi connectivity index (χ3n) is 6.05. The summed E-state index contributed by atoms with van der Waals surface area (Å²) in [6, 6.07) is 12.0. The van der Waals surface area contributed by atoms with Gasteiger partial charge in [-0.25, -0.2) is 13.4 Å². The lowest BCUT2D eigenvalue weighted by molar-refractivity contribution is 0.0746. The number of hydrogen-bond acceptors (Lipinski definition) is 6. The van der Waals surface area contributed by atoms with Crippen LogP contribution in [0.15, 0.2) is 47.4 Å². The monoisotopic (exact) mass is 548 g/mol. The Balaban J connectivity index is 1.41. The molecule has 1 aromatic heterocycles. The molecular weight excluding hydrogens is 516 g/mol. The molecule has 2 aromatic carbocycles. The van der Waals surface area contributed by atoms with Crippen molar-refractivity contribution < 1.29 is 13.2 Å². The van der Waals surface area contributed by atoms with Gasteiger partial charge in [0.25, 0.3) is 5.91 Å². The lowest BCUT2D eigenvalue weighted by atomic mass is 10.2. The molecule has 7 nitrogen and oxygen atoms in total. The van der Waals surface area contributed by atoms with Crippen molar-refractivity contribution in [1.82, 2.24) is 14.2 Å². The number of nitrogens with zero attached hydrogens (tertiary/aromatic N) is 4. The van der Waals surface area contributed by atoms with Crippen LogP contribution >= 0.6 is 22.9 Å². The van der Waals surface area contributed by atoms with Crippen molar-refractivity contribution in [2.45, 2.75) is 32.6 Å². The van der Waals surface area contributed by atoms with Gasteiger partial charge in [-0.15, -0.1) is 0 Å². The summed E-state index contributed by atoms with van der Waals surface area (Å²) in [5.74, 6) is 0.355. The maximum atomic E-state index is 13.3. The average Bonchev–Trinajstić information content (AvgIpc) is 3.26. The molecule has 0 spiro atoms. The number of sulfonamides is 1. The van der Waals surface area contributed by atoms with Crippen LogP contribution in [0, 0.1) is 11.8 Å². The number of amides is 1. The summed E-state index contributed by atoms with van der Waals surface area (Å²) >= 11 is 7.70. The van der Waals surface area contributed by atoms with E-state index in [0.29, 0.717) is 49.9 Å². The minimum Gasteiger partial charge on any atom is -0.345 e. The van der Waals surface area contributed by atoms with Gasteiger partial charge in [-0.2, -0.15) is 4.31 Å². The van der Waals surface area contributed by atoms with Gasteiger partial charge in [-0.3, -0.25) is 4.79 Å². The van der Waals surface area contributed by atoms with Gasteiger partial charge in [-0.1, -0.05) is 50.6 Å². The predicted octanol–water partition coefficient (Wildman–Crippen LogP) is 5.21. The lowest BCUT2D eigenvalue weighted by Crippen LogP contribution is -2.48. The summed E-state index contributed by atoms with van der Waals surface area (Å²) in [5.41, 5.74) is 1.42. The van der Waals surface area contributed by atoms with Crippen molar-refractivity contribution >= 4 is 54.2 Å². The number of piperazine rings is 1. The Bertz CT molecular complexity index is 1300. The fourth-order valence-electron chi connectivity index (χ4n) is 4.31. The zero-order valence-corrected chi connectivity index (χ0v) is 23.5. The van der Waals surface area contributed by atoms with E-state index in [4.69, 9.17) is 16.6 Å². The van der Waals surface area contributed by atoms with E-state index in [9.17, 15) is 13.2 Å². The number of carbonyl (C=O) groups excluding carboxylic acids is 1. The third kappa shape index (κ3) is 6.02. The second kappa shape index (κ2) is 11.0. The fraction of sp³-hybridized carbons (Fsp3) is 0.462. The Labute approximate surface area is 222 Å². The highest BCUT2D eigenvalue weighted by atomic mass is 35.5. The van der Waals surface area contributed by atoms with Crippen LogP contribution in [0.1, 0.15) is 38.1 Å². The molecule has 0 radical (unpaired) electrons. The molecule has 1 fully saturated rings. The number of aromatic nitrogens is 1. The van der Waals surface area contributed by atoms with Gasteiger partial charge in [0.1, 0.15) is 0 Å². The molecular formula is C26H33ClN4O3S2. The molecule has 0 unspecified atom stereocenters. The molecule has 1 amide bonds. The average molecular weight is 549 g/mol. The number of thiazole rings is 1. The highest BCUT2D eigenvalue weighted by Crippen LogP contribution is 2.31. The zero-order chi connectivity index (χ0) is 26.0. The second-order valence-corrected chi connectivity index (χ2v) is 13.4. The van der Waals surface area contributed by atoms with Gasteiger partial charge in [-0.05, 0) is 54.3 Å². The molecule has 0 bridgehead atoms. The van der Waals surface area contributed by atoms with E-state index in [0.717, 1.165) is 15.3 Å². The molecule has 10 heteroatoms. The molecule has 36 heavy (non-hydrogen) atoms. The van der Waals surface area contributed by atoms with Crippen molar-refractivity contribution in [2.24, 2.45) is 11.8 Å². The summed E-state index contributed by atoms with van der Waals surface area (Å²) in [6.07, 6.45) is 0. The predicted molar refractivity (Wildman–Crippen MR) is 148 cm³/mol. The summed E-state index contributed by atoms with van der Waals surface area (Å²) in [6.45, 7) is 11.5. The van der Waals surface area contributed by atoms with Crippen molar-refractivity contribution in [1.29, 1.82) is 0 Å². The van der Waals surface area contributed by atoms with Gasteiger partial charge in [0.2, 0.25) is 10.0 Å². The highest BCUT2D eigenvalue weighted by molar-refractivity contribution is 7.89. The molecule has 1 saturated heterocycles. The lowest BCUT2D eigenvalue weighted by Gasteiger charge is -2.34. The Hall–Kier alpha value is -2.20. The number of anilines is 1. The van der Waals surface area contributed by atoms with Crippen LogP contribution < -0.4 is 4.90 Å². The van der Waals surface area contributed by atoms with E-state index >= 15 is 0 Å². The maximum Gasteiger partial charge on any atom is 0.253 e. The first-order valence-electron chi connectivity index (χ1n) is 12.2. The fourth-order valence-corrected chi connectivity index (χ4v) is 7.37. The number of rotatable bonds is 8. The van der Waals surface area contributed by atoms with Gasteiger partial charge >= 0.3 is 0 Å². The van der Waals surface area contributed by atoms with Crippen LogP contribution in [-0.4, -0.2) is 67.8 Å². The van der Waals surface area contributed by atoms with Crippen molar-refractivity contribution in [3.05, 3.63) is 53.1 Å². The Morgan fingerprint density at radius 1 is 1.00 bits per heavy atom. The molecule has 0 aliphatic carbocycles. The van der Waals surface area contributed by atoms with Gasteiger partial charge in [0.05, 0.1) is 15.1 Å². The van der Waals surface area contributed by atoms with Gasteiger partial charge in [0, 0.05) is 49.9 Å². The number of benzene rings is 2. The second-order valence-electron chi connectivity index (χ2n) is 10.0. The van der Waals surface area contributed by atoms with Gasteiger partial charge in [0.15, 0.2) is 5.13 Å². The number of carbonyl (C=O) groups is 1. The first kappa shape index (κ1) is 26.9. The molecule has 2 heterocycles. The first-order chi connectivity index (χ1) is 17.0. The topological polar surface area (TPSA) is 73.8 Å². The molecule has 1 aliphatic heterocycles. The molecule has 4 rings (SSSR count). The minimum atomic E-state index is -3.62. The minimum absolute atomic E-state index is 0.0871. The van der Waals surface area contributed by atoms with E-state index in [1.165, 1.54) is 0 Å². The highest BCUT2D eigenvalue weighted by Gasteiger charge is 2.27. The van der Waals surface area contributed by atoms with Crippen LogP contribution in [0.3, 0.4) is 0 Å². The van der Waals surface area contributed by atoms with Crippen LogP contribution in [0.5, 0.6) is 0 Å². The summed E-state index contributed by atoms with van der Waals surface area (Å²) in [7, 11) is -3.62. The standard InChI is InChI=1S/C26H33ClN4O3S2/c1-18(2)16-31(17-19(3)4)36(33,34)22-8-5-20(6-9-22)25(32)29-11-13-30(14-12-29)26-28-23-10-7-21(27)15-24(23)35-26/h5-10,15,18-19H,11-14,16-17H2,1-4H3. The van der Waals surface area contributed by atoms with Crippen LogP contribution in [0.2, 0.25) is 5.02 Å². The molecule has 3 aromatic rings. The van der Waals surface area contributed by atoms with Crippen molar-refractivity contribution in [3.63, 3.8) is 0 Å². The van der Waals surface area contributed by atoms with Crippen LogP contribution in [0.25, 0.3) is 10.2 Å². The molecule has 0 saturated carbocycles. The SMILES string of the molecule is CC(C)CN(CC(C)C)S(=O)(=O)c1ccc(C(=O)N2CCN(c3nc4ccc(Cl)cc4s3)CC2)cc1.